The minimum absolute atomic E-state index is 0.147. The van der Waals surface area contributed by atoms with Crippen LogP contribution in [0.3, 0.4) is 0 Å². The Kier molecular flexibility index (Phi) is 7.32. The molecule has 8 heteroatoms. The van der Waals surface area contributed by atoms with Gasteiger partial charge in [0.2, 0.25) is 5.91 Å². The van der Waals surface area contributed by atoms with E-state index in [0.29, 0.717) is 5.70 Å². The fourth-order valence-electron chi connectivity index (χ4n) is 2.05. The third-order valence-corrected chi connectivity index (χ3v) is 6.66. The van der Waals surface area contributed by atoms with Gasteiger partial charge in [-0.05, 0) is 11.1 Å². The standard InChI is InChI=1S/C19H18N4OS3/c1-14(16-10-6-3-7-11-16)20-21-17(24)13-26-19-23-22-18(27-19)25-12-15-8-4-2-5-9-15/h2-11,20H,1,12-13H2,(H,21,24). The molecule has 0 saturated carbocycles. The molecule has 0 aliphatic heterocycles. The zero-order valence-electron chi connectivity index (χ0n) is 14.4. The Labute approximate surface area is 170 Å². The zero-order chi connectivity index (χ0) is 18.9. The van der Waals surface area contributed by atoms with Crippen molar-refractivity contribution in [3.8, 4) is 0 Å². The number of hydrogen-bond acceptors (Lipinski definition) is 7. The van der Waals surface area contributed by atoms with Crippen molar-refractivity contribution >= 4 is 46.5 Å². The van der Waals surface area contributed by atoms with Crippen LogP contribution in [0.4, 0.5) is 0 Å². The first-order valence-corrected chi connectivity index (χ1v) is 10.9. The summed E-state index contributed by atoms with van der Waals surface area (Å²) in [6.07, 6.45) is 0. The predicted molar refractivity (Wildman–Crippen MR) is 113 cm³/mol. The van der Waals surface area contributed by atoms with Gasteiger partial charge in [-0.3, -0.25) is 15.6 Å². The Hall–Kier alpha value is -2.29. The maximum Gasteiger partial charge on any atom is 0.248 e. The summed E-state index contributed by atoms with van der Waals surface area (Å²) in [5.41, 5.74) is 8.30. The second-order valence-corrected chi connectivity index (χ2v) is 8.84. The molecule has 0 bridgehead atoms. The molecule has 0 aliphatic rings. The fraction of sp³-hybridized carbons (Fsp3) is 0.105. The van der Waals surface area contributed by atoms with Gasteiger partial charge in [0.15, 0.2) is 8.68 Å². The van der Waals surface area contributed by atoms with Crippen LogP contribution in [-0.4, -0.2) is 21.9 Å². The Balaban J connectivity index is 1.39. The van der Waals surface area contributed by atoms with E-state index in [9.17, 15) is 4.79 Å². The number of rotatable bonds is 9. The molecule has 0 saturated heterocycles. The van der Waals surface area contributed by atoms with Crippen molar-refractivity contribution in [1.29, 1.82) is 0 Å². The second-order valence-electron chi connectivity index (χ2n) is 5.41. The van der Waals surface area contributed by atoms with Gasteiger partial charge < -0.3 is 0 Å². The summed E-state index contributed by atoms with van der Waals surface area (Å²) in [5, 5.41) is 8.31. The van der Waals surface area contributed by atoms with Gasteiger partial charge in [0.05, 0.1) is 11.4 Å². The average molecular weight is 415 g/mol. The molecule has 27 heavy (non-hydrogen) atoms. The minimum atomic E-state index is -0.147. The lowest BCUT2D eigenvalue weighted by atomic mass is 10.2. The van der Waals surface area contributed by atoms with Crippen LogP contribution in [-0.2, 0) is 10.5 Å². The van der Waals surface area contributed by atoms with E-state index in [2.05, 4.69) is 39.8 Å². The summed E-state index contributed by atoms with van der Waals surface area (Å²) >= 11 is 4.52. The zero-order valence-corrected chi connectivity index (χ0v) is 16.9. The van der Waals surface area contributed by atoms with Gasteiger partial charge in [-0.15, -0.1) is 10.2 Å². The first kappa shape index (κ1) is 19.5. The SMILES string of the molecule is C=C(NNC(=O)CSc1nnc(SCc2ccccc2)s1)c1ccccc1. The summed E-state index contributed by atoms with van der Waals surface area (Å²) in [4.78, 5) is 12.0. The van der Waals surface area contributed by atoms with Crippen molar-refractivity contribution in [3.63, 3.8) is 0 Å². The van der Waals surface area contributed by atoms with E-state index in [1.807, 2.05) is 48.5 Å². The molecule has 2 aromatic carbocycles. The minimum Gasteiger partial charge on any atom is -0.299 e. The molecule has 2 N–H and O–H groups in total. The number of carbonyl (C=O) groups excluding carboxylic acids is 1. The van der Waals surface area contributed by atoms with E-state index >= 15 is 0 Å². The molecule has 138 valence electrons. The van der Waals surface area contributed by atoms with E-state index in [0.717, 1.165) is 20.0 Å². The number of amides is 1. The van der Waals surface area contributed by atoms with Crippen LogP contribution >= 0.6 is 34.9 Å². The molecule has 0 radical (unpaired) electrons. The summed E-state index contributed by atoms with van der Waals surface area (Å²) in [7, 11) is 0. The highest BCUT2D eigenvalue weighted by Gasteiger charge is 2.09. The Morgan fingerprint density at radius 2 is 1.56 bits per heavy atom. The number of nitrogens with zero attached hydrogens (tertiary/aromatic N) is 2. The summed E-state index contributed by atoms with van der Waals surface area (Å²) in [5.74, 6) is 0.963. The van der Waals surface area contributed by atoms with E-state index in [4.69, 9.17) is 0 Å². The topological polar surface area (TPSA) is 66.9 Å². The van der Waals surface area contributed by atoms with Crippen molar-refractivity contribution in [3.05, 3.63) is 78.4 Å². The monoisotopic (exact) mass is 414 g/mol. The van der Waals surface area contributed by atoms with Gasteiger partial charge in [0, 0.05) is 5.75 Å². The maximum absolute atomic E-state index is 12.0. The van der Waals surface area contributed by atoms with Crippen molar-refractivity contribution in [2.75, 3.05) is 5.75 Å². The molecule has 3 rings (SSSR count). The number of carbonyl (C=O) groups is 1. The third-order valence-electron chi connectivity index (χ3n) is 3.39. The van der Waals surface area contributed by atoms with Gasteiger partial charge in [-0.2, -0.15) is 0 Å². The molecule has 1 heterocycles. The highest BCUT2D eigenvalue weighted by atomic mass is 32.2. The van der Waals surface area contributed by atoms with Crippen molar-refractivity contribution in [2.24, 2.45) is 0 Å². The molecular weight excluding hydrogens is 396 g/mol. The molecule has 0 spiro atoms. The molecule has 0 unspecified atom stereocenters. The Bertz CT molecular complexity index is 884. The lowest BCUT2D eigenvalue weighted by molar-refractivity contribution is -0.119. The van der Waals surface area contributed by atoms with E-state index in [1.165, 1.54) is 28.7 Å². The van der Waals surface area contributed by atoms with E-state index in [-0.39, 0.29) is 11.7 Å². The lowest BCUT2D eigenvalue weighted by Crippen LogP contribution is -2.37. The van der Waals surface area contributed by atoms with Crippen molar-refractivity contribution < 1.29 is 4.79 Å². The third kappa shape index (κ3) is 6.42. The van der Waals surface area contributed by atoms with Crippen LogP contribution in [0.1, 0.15) is 11.1 Å². The average Bonchev–Trinajstić information content (AvgIpc) is 3.18. The summed E-state index contributed by atoms with van der Waals surface area (Å²) < 4.78 is 1.68. The molecule has 0 atom stereocenters. The highest BCUT2D eigenvalue weighted by Crippen LogP contribution is 2.30. The lowest BCUT2D eigenvalue weighted by Gasteiger charge is -2.10. The van der Waals surface area contributed by atoms with Crippen molar-refractivity contribution in [2.45, 2.75) is 14.4 Å². The van der Waals surface area contributed by atoms with Crippen LogP contribution in [0.2, 0.25) is 0 Å². The van der Waals surface area contributed by atoms with E-state index < -0.39 is 0 Å². The van der Waals surface area contributed by atoms with Crippen LogP contribution < -0.4 is 10.9 Å². The predicted octanol–water partition coefficient (Wildman–Crippen LogP) is 4.21. The molecule has 1 aromatic heterocycles. The van der Waals surface area contributed by atoms with Crippen LogP contribution in [0.25, 0.3) is 5.70 Å². The van der Waals surface area contributed by atoms with E-state index in [1.54, 1.807) is 11.8 Å². The smallest absolute Gasteiger partial charge is 0.248 e. The van der Waals surface area contributed by atoms with Gasteiger partial charge in [0.1, 0.15) is 0 Å². The number of hydrazine groups is 1. The number of nitrogens with one attached hydrogen (secondary N) is 2. The van der Waals surface area contributed by atoms with Crippen molar-refractivity contribution in [1.82, 2.24) is 21.0 Å². The summed E-state index contributed by atoms with van der Waals surface area (Å²) in [6.45, 7) is 3.91. The first-order chi connectivity index (χ1) is 13.2. The largest absolute Gasteiger partial charge is 0.299 e. The summed E-state index contributed by atoms with van der Waals surface area (Å²) in [6, 6.07) is 19.8. The van der Waals surface area contributed by atoms with Crippen LogP contribution in [0.5, 0.6) is 0 Å². The quantitative estimate of drug-likeness (QED) is 0.404. The molecule has 1 amide bonds. The van der Waals surface area contributed by atoms with Crippen LogP contribution in [0, 0.1) is 0 Å². The molecular formula is C19H18N4OS3. The first-order valence-electron chi connectivity index (χ1n) is 8.13. The van der Waals surface area contributed by atoms with Crippen LogP contribution in [0.15, 0.2) is 75.9 Å². The van der Waals surface area contributed by atoms with Gasteiger partial charge in [0.25, 0.3) is 0 Å². The molecule has 5 nitrogen and oxygen atoms in total. The Morgan fingerprint density at radius 3 is 2.26 bits per heavy atom. The number of thioether (sulfide) groups is 2. The normalized spacial score (nSPS) is 10.4. The highest BCUT2D eigenvalue weighted by molar-refractivity contribution is 8.03. The molecule has 3 aromatic rings. The molecule has 0 aliphatic carbocycles. The number of aromatic nitrogens is 2. The molecule has 0 fully saturated rings. The fourth-order valence-corrected chi connectivity index (χ4v) is 4.83. The number of hydrogen-bond donors (Lipinski definition) is 2. The van der Waals surface area contributed by atoms with Gasteiger partial charge >= 0.3 is 0 Å². The Morgan fingerprint density at radius 1 is 0.926 bits per heavy atom. The maximum atomic E-state index is 12.0. The number of benzene rings is 2. The second kappa shape index (κ2) is 10.1. The van der Waals surface area contributed by atoms with Gasteiger partial charge in [-0.1, -0.05) is 102 Å². The van der Waals surface area contributed by atoms with Gasteiger partial charge in [-0.25, -0.2) is 0 Å².